The first-order chi connectivity index (χ1) is 6.22. The zero-order chi connectivity index (χ0) is 11.8. The van der Waals surface area contributed by atoms with E-state index in [4.69, 9.17) is 10.6 Å². The number of hydrogen-bond donors (Lipinski definition) is 2. The second-order valence-electron chi connectivity index (χ2n) is 3.18. The van der Waals surface area contributed by atoms with Gasteiger partial charge in [0.05, 0.1) is 12.5 Å². The van der Waals surface area contributed by atoms with Crippen molar-refractivity contribution in [3.63, 3.8) is 0 Å². The van der Waals surface area contributed by atoms with Gasteiger partial charge in [-0.3, -0.25) is 9.36 Å². The van der Waals surface area contributed by atoms with E-state index in [2.05, 4.69) is 4.74 Å². The maximum atomic E-state index is 10.7. The van der Waals surface area contributed by atoms with Crippen LogP contribution in [0.3, 0.4) is 0 Å². The topological polar surface area (TPSA) is 89.6 Å². The average molecular weight is 225 g/mol. The summed E-state index contributed by atoms with van der Waals surface area (Å²) < 4.78 is 14.4. The molecule has 5 nitrogen and oxygen atoms in total. The lowest BCUT2D eigenvalue weighted by Gasteiger charge is -2.05. The number of rotatable bonds is 3. The number of carbonyl (C=O) groups excluding carboxylic acids is 1. The number of nitrogens with two attached hydrogens (primary N) is 1. The summed E-state index contributed by atoms with van der Waals surface area (Å²) in [5.41, 5.74) is 5.20. The summed E-state index contributed by atoms with van der Waals surface area (Å²) in [5, 5.41) is 0. The second-order valence-corrected chi connectivity index (χ2v) is 5.77. The molecule has 0 amide bonds. The summed E-state index contributed by atoms with van der Waals surface area (Å²) in [4.78, 5) is 18.7. The largest absolute Gasteiger partial charge is 0.466 e. The molecule has 6 heteroatoms. The van der Waals surface area contributed by atoms with Gasteiger partial charge in [0.2, 0.25) is 0 Å². The van der Waals surface area contributed by atoms with Crippen LogP contribution in [0, 0.1) is 5.92 Å². The maximum absolute atomic E-state index is 10.7. The van der Waals surface area contributed by atoms with E-state index in [9.17, 15) is 9.36 Å². The Hall–Kier alpha value is -0.380. The lowest BCUT2D eigenvalue weighted by atomic mass is 10.2. The van der Waals surface area contributed by atoms with Crippen LogP contribution in [0.2, 0.25) is 0 Å². The number of esters is 1. The predicted molar refractivity (Wildman–Crippen MR) is 56.5 cm³/mol. The molecule has 0 spiro atoms. The normalized spacial score (nSPS) is 12.4. The molecule has 0 aromatic rings. The molecule has 0 fully saturated rings. The summed E-state index contributed by atoms with van der Waals surface area (Å²) in [6.45, 7) is 6.92. The third-order valence-corrected chi connectivity index (χ3v) is 1.04. The third kappa shape index (κ3) is 17.6. The van der Waals surface area contributed by atoms with E-state index in [1.165, 1.54) is 13.3 Å². The van der Waals surface area contributed by atoms with E-state index in [1.54, 1.807) is 13.8 Å². The summed E-state index contributed by atoms with van der Waals surface area (Å²) in [6, 6.07) is 0. The Morgan fingerprint density at radius 2 is 1.93 bits per heavy atom. The Morgan fingerprint density at radius 1 is 1.57 bits per heavy atom. The first-order valence-electron chi connectivity index (χ1n) is 4.36. The van der Waals surface area contributed by atoms with Gasteiger partial charge >= 0.3 is 5.97 Å². The summed E-state index contributed by atoms with van der Waals surface area (Å²) in [5.74, 6) is -0.370. The third-order valence-electron chi connectivity index (χ3n) is 1.04. The maximum Gasteiger partial charge on any atom is 0.309 e. The fraction of sp³-hybridized carbons (Fsp3) is 0.875. The van der Waals surface area contributed by atoms with E-state index in [-0.39, 0.29) is 11.9 Å². The minimum Gasteiger partial charge on any atom is -0.466 e. The zero-order valence-corrected chi connectivity index (χ0v) is 10.1. The van der Waals surface area contributed by atoms with Gasteiger partial charge in [0.15, 0.2) is 7.37 Å². The van der Waals surface area contributed by atoms with Crippen LogP contribution in [0.4, 0.5) is 0 Å². The minimum absolute atomic E-state index is 0.162. The molecule has 1 unspecified atom stereocenters. The molecule has 0 saturated heterocycles. The van der Waals surface area contributed by atoms with Gasteiger partial charge in [-0.1, -0.05) is 6.92 Å². The molecule has 14 heavy (non-hydrogen) atoms. The van der Waals surface area contributed by atoms with Crippen LogP contribution in [0.15, 0.2) is 0 Å². The van der Waals surface area contributed by atoms with Crippen molar-refractivity contribution < 1.29 is 19.0 Å². The Morgan fingerprint density at radius 3 is 2.14 bits per heavy atom. The van der Waals surface area contributed by atoms with Crippen molar-refractivity contribution in [2.75, 3.05) is 26.5 Å². The van der Waals surface area contributed by atoms with Crippen molar-refractivity contribution in [2.24, 2.45) is 11.7 Å². The molecule has 0 aliphatic rings. The fourth-order valence-corrected chi connectivity index (χ4v) is 0.381. The Labute approximate surface area is 85.1 Å². The van der Waals surface area contributed by atoms with Gasteiger partial charge in [-0.15, -0.1) is 0 Å². The molecule has 0 saturated carbocycles. The summed E-state index contributed by atoms with van der Waals surface area (Å²) >= 11 is 0. The van der Waals surface area contributed by atoms with Crippen LogP contribution in [-0.4, -0.2) is 37.3 Å². The molecule has 0 aromatic carbocycles. The highest BCUT2D eigenvalue weighted by atomic mass is 31.2. The van der Waals surface area contributed by atoms with Crippen LogP contribution in [0.5, 0.6) is 0 Å². The highest BCUT2D eigenvalue weighted by Crippen LogP contribution is 2.27. The second kappa shape index (κ2) is 7.97. The van der Waals surface area contributed by atoms with E-state index < -0.39 is 7.37 Å². The smallest absolute Gasteiger partial charge is 0.309 e. The Balaban J connectivity index is 0. The molecule has 0 radical (unpaired) electrons. The number of carbonyl (C=O) groups is 1. The van der Waals surface area contributed by atoms with Crippen LogP contribution in [0.1, 0.15) is 13.8 Å². The van der Waals surface area contributed by atoms with Gasteiger partial charge in [-0.2, -0.15) is 0 Å². The van der Waals surface area contributed by atoms with Gasteiger partial charge in [-0.05, 0) is 6.92 Å². The molecule has 0 bridgehead atoms. The van der Waals surface area contributed by atoms with Crippen LogP contribution < -0.4 is 5.73 Å². The van der Waals surface area contributed by atoms with Crippen molar-refractivity contribution in [2.45, 2.75) is 13.8 Å². The van der Waals surface area contributed by atoms with Crippen molar-refractivity contribution >= 4 is 13.3 Å². The molecular formula is C8H20NO4P. The molecule has 0 aliphatic heterocycles. The zero-order valence-electron chi connectivity index (χ0n) is 9.19. The first-order valence-corrected chi connectivity index (χ1v) is 6.92. The molecule has 0 aromatic heterocycles. The van der Waals surface area contributed by atoms with Gasteiger partial charge < -0.3 is 15.4 Å². The molecule has 1 atom stereocenters. The van der Waals surface area contributed by atoms with Gasteiger partial charge in [-0.25, -0.2) is 0 Å². The van der Waals surface area contributed by atoms with Crippen LogP contribution in [0.25, 0.3) is 0 Å². The van der Waals surface area contributed by atoms with Crippen LogP contribution >= 0.6 is 7.37 Å². The molecule has 86 valence electrons. The monoisotopic (exact) mass is 225 g/mol. The van der Waals surface area contributed by atoms with Gasteiger partial charge in [0.1, 0.15) is 0 Å². The summed E-state index contributed by atoms with van der Waals surface area (Å²) in [6.07, 6.45) is 0. The lowest BCUT2D eigenvalue weighted by molar-refractivity contribution is -0.146. The first kappa shape index (κ1) is 16.1. The highest BCUT2D eigenvalue weighted by Gasteiger charge is 2.09. The Kier molecular flexibility index (Phi) is 9.15. The van der Waals surface area contributed by atoms with Crippen molar-refractivity contribution in [3.05, 3.63) is 0 Å². The lowest BCUT2D eigenvalue weighted by Crippen LogP contribution is -2.22. The van der Waals surface area contributed by atoms with E-state index in [1.807, 2.05) is 0 Å². The average Bonchev–Trinajstić information content (AvgIpc) is 2.00. The Bertz CT molecular complexity index is 193. The predicted octanol–water partition coefficient (Wildman–Crippen LogP) is 0.661. The SMILES string of the molecule is CCOC(=O)C(C)CN.CP(C)(=O)O. The minimum atomic E-state index is -2.64. The van der Waals surface area contributed by atoms with E-state index in [0.29, 0.717) is 13.2 Å². The van der Waals surface area contributed by atoms with Gasteiger partial charge in [0, 0.05) is 19.9 Å². The van der Waals surface area contributed by atoms with Crippen LogP contribution in [-0.2, 0) is 14.1 Å². The standard InChI is InChI=1S/C6H13NO2.C2H7O2P/c1-3-9-6(8)5(2)4-7;1-5(2,3)4/h5H,3-4,7H2,1-2H3;1-2H3,(H,3,4). The van der Waals surface area contributed by atoms with Crippen molar-refractivity contribution in [1.29, 1.82) is 0 Å². The molecule has 0 rings (SSSR count). The molecule has 0 heterocycles. The van der Waals surface area contributed by atoms with Crippen molar-refractivity contribution in [1.82, 2.24) is 0 Å². The number of hydrogen-bond acceptors (Lipinski definition) is 4. The fourth-order valence-electron chi connectivity index (χ4n) is 0.381. The van der Waals surface area contributed by atoms with E-state index >= 15 is 0 Å². The molecule has 3 N–H and O–H groups in total. The quantitative estimate of drug-likeness (QED) is 0.544. The highest BCUT2D eigenvalue weighted by molar-refractivity contribution is 7.56. The van der Waals surface area contributed by atoms with Gasteiger partial charge in [0.25, 0.3) is 0 Å². The summed E-state index contributed by atoms with van der Waals surface area (Å²) in [7, 11) is -2.64. The molecular weight excluding hydrogens is 205 g/mol. The number of ether oxygens (including phenoxy) is 1. The van der Waals surface area contributed by atoms with E-state index in [0.717, 1.165) is 0 Å². The molecule has 0 aliphatic carbocycles. The van der Waals surface area contributed by atoms with Crippen molar-refractivity contribution in [3.8, 4) is 0 Å².